The van der Waals surface area contributed by atoms with Crippen LogP contribution in [0, 0.1) is 5.92 Å². The van der Waals surface area contributed by atoms with Crippen molar-refractivity contribution < 1.29 is 13.2 Å². The summed E-state index contributed by atoms with van der Waals surface area (Å²) in [7, 11) is -3.46. The summed E-state index contributed by atoms with van der Waals surface area (Å²) in [5.74, 6) is -0.883. The molecule has 1 saturated heterocycles. The van der Waals surface area contributed by atoms with Gasteiger partial charge in [-0.1, -0.05) is 22.9 Å². The Balaban J connectivity index is 2.05. The second-order valence-corrected chi connectivity index (χ2v) is 8.42. The molecular weight excluding hydrogens is 356 g/mol. The largest absolute Gasteiger partial charge is 0.341 e. The van der Waals surface area contributed by atoms with Crippen LogP contribution in [0.2, 0.25) is 0 Å². The van der Waals surface area contributed by atoms with E-state index in [1.165, 1.54) is 0 Å². The number of rotatable bonds is 4. The maximum absolute atomic E-state index is 12.3. The molecule has 0 saturated carbocycles. The van der Waals surface area contributed by atoms with Crippen molar-refractivity contribution in [1.82, 2.24) is 4.90 Å². The van der Waals surface area contributed by atoms with Gasteiger partial charge in [-0.05, 0) is 30.7 Å². The summed E-state index contributed by atoms with van der Waals surface area (Å²) in [6.07, 6.45) is 0.776. The van der Waals surface area contributed by atoms with Gasteiger partial charge in [-0.2, -0.15) is 0 Å². The lowest BCUT2D eigenvalue weighted by Gasteiger charge is -2.20. The molecule has 0 radical (unpaired) electrons. The smallest absolute Gasteiger partial charge is 0.226 e. The zero-order chi connectivity index (χ0) is 15.6. The number of hydrogen-bond acceptors (Lipinski definition) is 4. The van der Waals surface area contributed by atoms with Gasteiger partial charge in [0, 0.05) is 29.5 Å². The maximum Gasteiger partial charge on any atom is 0.226 e. The molecule has 0 bridgehead atoms. The van der Waals surface area contributed by atoms with Crippen molar-refractivity contribution in [2.45, 2.75) is 24.3 Å². The van der Waals surface area contributed by atoms with E-state index in [0.29, 0.717) is 13.1 Å². The predicted molar refractivity (Wildman–Crippen MR) is 84.5 cm³/mol. The first-order chi connectivity index (χ1) is 9.79. The Morgan fingerprint density at radius 2 is 2.05 bits per heavy atom. The van der Waals surface area contributed by atoms with E-state index in [2.05, 4.69) is 15.9 Å². The van der Waals surface area contributed by atoms with Gasteiger partial charge in [0.25, 0.3) is 0 Å². The van der Waals surface area contributed by atoms with Gasteiger partial charge >= 0.3 is 0 Å². The van der Waals surface area contributed by atoms with E-state index < -0.39 is 15.8 Å². The first-order valence-corrected chi connectivity index (χ1v) is 9.27. The highest BCUT2D eigenvalue weighted by Gasteiger charge is 2.30. The molecule has 5 nitrogen and oxygen atoms in total. The molecule has 0 aliphatic carbocycles. The standard InChI is InChI=1S/C14H19BrN2O3S/c1-10(14(18)17-7-6-12(16)8-17)9-21(19,20)13-4-2-11(15)3-5-13/h2-5,10,12H,6-9,16H2,1H3. The lowest BCUT2D eigenvalue weighted by Crippen LogP contribution is -2.37. The Kier molecular flexibility index (Phi) is 5.06. The quantitative estimate of drug-likeness (QED) is 0.863. The van der Waals surface area contributed by atoms with Crippen molar-refractivity contribution in [3.63, 3.8) is 0 Å². The van der Waals surface area contributed by atoms with Crippen molar-refractivity contribution in [3.8, 4) is 0 Å². The average Bonchev–Trinajstić information content (AvgIpc) is 2.84. The van der Waals surface area contributed by atoms with Crippen LogP contribution >= 0.6 is 15.9 Å². The fourth-order valence-electron chi connectivity index (χ4n) is 2.44. The Morgan fingerprint density at radius 3 is 2.57 bits per heavy atom. The Hall–Kier alpha value is -0.920. The topological polar surface area (TPSA) is 80.5 Å². The minimum absolute atomic E-state index is 0.00392. The van der Waals surface area contributed by atoms with Crippen molar-refractivity contribution >= 4 is 31.7 Å². The summed E-state index contributed by atoms with van der Waals surface area (Å²) in [5, 5.41) is 0. The van der Waals surface area contributed by atoms with Gasteiger partial charge in [0.2, 0.25) is 5.91 Å². The molecule has 2 rings (SSSR count). The summed E-state index contributed by atoms with van der Waals surface area (Å²) in [4.78, 5) is 14.2. The number of nitrogens with zero attached hydrogens (tertiary/aromatic N) is 1. The Morgan fingerprint density at radius 1 is 1.43 bits per heavy atom. The lowest BCUT2D eigenvalue weighted by molar-refractivity contribution is -0.133. The maximum atomic E-state index is 12.3. The number of nitrogens with two attached hydrogens (primary N) is 1. The second kappa shape index (κ2) is 6.46. The lowest BCUT2D eigenvalue weighted by atomic mass is 10.2. The number of carbonyl (C=O) groups is 1. The van der Waals surface area contributed by atoms with Gasteiger partial charge in [0.15, 0.2) is 9.84 Å². The van der Waals surface area contributed by atoms with E-state index in [9.17, 15) is 13.2 Å². The molecule has 1 fully saturated rings. The minimum atomic E-state index is -3.46. The Bertz CT molecular complexity index is 616. The summed E-state index contributed by atoms with van der Waals surface area (Å²) in [5.41, 5.74) is 5.78. The fraction of sp³-hybridized carbons (Fsp3) is 0.500. The molecule has 1 amide bonds. The van der Waals surface area contributed by atoms with E-state index in [1.807, 2.05) is 0 Å². The number of carbonyl (C=O) groups excluding carboxylic acids is 1. The van der Waals surface area contributed by atoms with Gasteiger partial charge in [-0.15, -0.1) is 0 Å². The van der Waals surface area contributed by atoms with Crippen LogP contribution in [0.4, 0.5) is 0 Å². The zero-order valence-electron chi connectivity index (χ0n) is 11.8. The number of sulfone groups is 1. The molecule has 116 valence electrons. The highest BCUT2D eigenvalue weighted by Crippen LogP contribution is 2.19. The summed E-state index contributed by atoms with van der Waals surface area (Å²) < 4.78 is 25.5. The molecule has 2 unspecified atom stereocenters. The summed E-state index contributed by atoms with van der Waals surface area (Å²) in [6, 6.07) is 6.45. The number of amides is 1. The van der Waals surface area contributed by atoms with Crippen LogP contribution < -0.4 is 5.73 Å². The van der Waals surface area contributed by atoms with Gasteiger partial charge in [-0.3, -0.25) is 4.79 Å². The van der Waals surface area contributed by atoms with Gasteiger partial charge < -0.3 is 10.6 Å². The van der Waals surface area contributed by atoms with Crippen molar-refractivity contribution in [2.24, 2.45) is 11.7 Å². The van der Waals surface area contributed by atoms with Crippen molar-refractivity contribution in [1.29, 1.82) is 0 Å². The van der Waals surface area contributed by atoms with Gasteiger partial charge in [-0.25, -0.2) is 8.42 Å². The SMILES string of the molecule is CC(CS(=O)(=O)c1ccc(Br)cc1)C(=O)N1CCC(N)C1. The third-order valence-electron chi connectivity index (χ3n) is 3.60. The first-order valence-electron chi connectivity index (χ1n) is 6.82. The van der Waals surface area contributed by atoms with Gasteiger partial charge in [0.1, 0.15) is 0 Å². The molecule has 2 atom stereocenters. The average molecular weight is 375 g/mol. The molecule has 7 heteroatoms. The molecule has 0 spiro atoms. The van der Waals surface area contributed by atoms with E-state index >= 15 is 0 Å². The third kappa shape index (κ3) is 4.05. The van der Waals surface area contributed by atoms with E-state index in [1.54, 1.807) is 36.1 Å². The molecule has 1 aromatic carbocycles. The van der Waals surface area contributed by atoms with Crippen LogP contribution in [0.3, 0.4) is 0 Å². The molecule has 21 heavy (non-hydrogen) atoms. The van der Waals surface area contributed by atoms with E-state index in [-0.39, 0.29) is 22.6 Å². The van der Waals surface area contributed by atoms with E-state index in [0.717, 1.165) is 10.9 Å². The van der Waals surface area contributed by atoms with Gasteiger partial charge in [0.05, 0.1) is 10.6 Å². The number of benzene rings is 1. The van der Waals surface area contributed by atoms with Crippen LogP contribution in [0.1, 0.15) is 13.3 Å². The first kappa shape index (κ1) is 16.5. The molecule has 1 heterocycles. The highest BCUT2D eigenvalue weighted by atomic mass is 79.9. The molecular formula is C14H19BrN2O3S. The molecule has 1 aromatic rings. The zero-order valence-corrected chi connectivity index (χ0v) is 14.2. The molecule has 0 aromatic heterocycles. The Labute approximate surface area is 133 Å². The molecule has 2 N–H and O–H groups in total. The van der Waals surface area contributed by atoms with Crippen LogP contribution in [0.25, 0.3) is 0 Å². The van der Waals surface area contributed by atoms with Crippen LogP contribution in [0.5, 0.6) is 0 Å². The van der Waals surface area contributed by atoms with Crippen LogP contribution in [-0.2, 0) is 14.6 Å². The highest BCUT2D eigenvalue weighted by molar-refractivity contribution is 9.10. The molecule has 1 aliphatic heterocycles. The van der Waals surface area contributed by atoms with Crippen molar-refractivity contribution in [2.75, 3.05) is 18.8 Å². The molecule has 1 aliphatic rings. The third-order valence-corrected chi connectivity index (χ3v) is 6.06. The predicted octanol–water partition coefficient (Wildman–Crippen LogP) is 1.42. The minimum Gasteiger partial charge on any atom is -0.341 e. The monoisotopic (exact) mass is 374 g/mol. The number of likely N-dealkylation sites (tertiary alicyclic amines) is 1. The number of hydrogen-bond donors (Lipinski definition) is 1. The fourth-order valence-corrected chi connectivity index (χ4v) is 4.25. The second-order valence-electron chi connectivity index (χ2n) is 5.47. The normalized spacial score (nSPS) is 20.5. The van der Waals surface area contributed by atoms with Crippen molar-refractivity contribution in [3.05, 3.63) is 28.7 Å². The van der Waals surface area contributed by atoms with Crippen LogP contribution in [0.15, 0.2) is 33.6 Å². The van der Waals surface area contributed by atoms with Crippen LogP contribution in [-0.4, -0.2) is 44.1 Å². The number of halogens is 1. The van der Waals surface area contributed by atoms with E-state index in [4.69, 9.17) is 5.73 Å². The summed E-state index contributed by atoms with van der Waals surface area (Å²) >= 11 is 3.27. The summed E-state index contributed by atoms with van der Waals surface area (Å²) in [6.45, 7) is 2.78.